The van der Waals surface area contributed by atoms with Crippen LogP contribution in [0.1, 0.15) is 45.4 Å². The molecule has 98 valence electrons. The highest BCUT2D eigenvalue weighted by atomic mass is 16.5. The summed E-state index contributed by atoms with van der Waals surface area (Å²) in [4.78, 5) is 11.9. The molecule has 0 bridgehead atoms. The summed E-state index contributed by atoms with van der Waals surface area (Å²) >= 11 is 0. The molecule has 0 aromatic carbocycles. The quantitative estimate of drug-likeness (QED) is 0.781. The molecule has 2 atom stereocenters. The van der Waals surface area contributed by atoms with Crippen molar-refractivity contribution in [1.29, 1.82) is 0 Å². The van der Waals surface area contributed by atoms with Crippen molar-refractivity contribution in [3.63, 3.8) is 0 Å². The van der Waals surface area contributed by atoms with Gasteiger partial charge in [-0.1, -0.05) is 19.3 Å². The lowest BCUT2D eigenvalue weighted by Crippen LogP contribution is -2.45. The van der Waals surface area contributed by atoms with Crippen molar-refractivity contribution in [2.24, 2.45) is 5.92 Å². The zero-order valence-electron chi connectivity index (χ0n) is 10.6. The lowest BCUT2D eigenvalue weighted by Gasteiger charge is -2.32. The van der Waals surface area contributed by atoms with Gasteiger partial charge in [-0.25, -0.2) is 0 Å². The molecule has 4 nitrogen and oxygen atoms in total. The Morgan fingerprint density at radius 1 is 1.41 bits per heavy atom. The van der Waals surface area contributed by atoms with E-state index in [9.17, 15) is 9.90 Å². The van der Waals surface area contributed by atoms with Gasteiger partial charge in [-0.2, -0.15) is 0 Å². The zero-order chi connectivity index (χ0) is 12.3. The van der Waals surface area contributed by atoms with E-state index in [4.69, 9.17) is 4.74 Å². The maximum Gasteiger partial charge on any atom is 0.225 e. The number of rotatable bonds is 3. The van der Waals surface area contributed by atoms with Crippen LogP contribution in [0.3, 0.4) is 0 Å². The Balaban J connectivity index is 1.75. The van der Waals surface area contributed by atoms with Gasteiger partial charge in [0.25, 0.3) is 0 Å². The molecule has 17 heavy (non-hydrogen) atoms. The van der Waals surface area contributed by atoms with Crippen LogP contribution in [-0.4, -0.2) is 35.9 Å². The van der Waals surface area contributed by atoms with E-state index in [1.54, 1.807) is 0 Å². The number of carbonyl (C=O) groups is 1. The highest BCUT2D eigenvalue weighted by Crippen LogP contribution is 2.27. The third-order valence-corrected chi connectivity index (χ3v) is 3.95. The number of carbonyl (C=O) groups excluding carboxylic acids is 1. The van der Waals surface area contributed by atoms with E-state index >= 15 is 0 Å². The molecule has 1 heterocycles. The maximum atomic E-state index is 11.9. The summed E-state index contributed by atoms with van der Waals surface area (Å²) in [6.45, 7) is 2.91. The van der Waals surface area contributed by atoms with Crippen molar-refractivity contribution < 1.29 is 14.6 Å². The second-order valence-corrected chi connectivity index (χ2v) is 5.58. The van der Waals surface area contributed by atoms with Crippen LogP contribution >= 0.6 is 0 Å². The molecular weight excluding hydrogens is 218 g/mol. The molecule has 4 heteroatoms. The molecule has 1 aliphatic heterocycles. The van der Waals surface area contributed by atoms with E-state index in [0.717, 1.165) is 32.1 Å². The second-order valence-electron chi connectivity index (χ2n) is 5.58. The van der Waals surface area contributed by atoms with Crippen molar-refractivity contribution in [3.05, 3.63) is 0 Å². The summed E-state index contributed by atoms with van der Waals surface area (Å²) in [7, 11) is 0. The molecule has 0 spiro atoms. The van der Waals surface area contributed by atoms with E-state index in [2.05, 4.69) is 5.32 Å². The van der Waals surface area contributed by atoms with Crippen LogP contribution in [-0.2, 0) is 9.53 Å². The highest BCUT2D eigenvalue weighted by molar-refractivity contribution is 5.79. The van der Waals surface area contributed by atoms with Gasteiger partial charge in [0.2, 0.25) is 5.91 Å². The van der Waals surface area contributed by atoms with Crippen LogP contribution in [0, 0.1) is 5.92 Å². The number of hydrogen-bond donors (Lipinski definition) is 2. The first-order valence-electron chi connectivity index (χ1n) is 6.71. The lowest BCUT2D eigenvalue weighted by atomic mass is 9.85. The van der Waals surface area contributed by atoms with Gasteiger partial charge >= 0.3 is 0 Å². The normalized spacial score (nSPS) is 32.4. The number of aliphatic hydroxyl groups is 1. The van der Waals surface area contributed by atoms with Crippen LogP contribution in [0.25, 0.3) is 0 Å². The first kappa shape index (κ1) is 12.8. The highest BCUT2D eigenvalue weighted by Gasteiger charge is 2.32. The standard InChI is InChI=1S/C13H23NO3/c1-10-7-11(8-17-10)12(15)14-9-13(16)5-3-2-4-6-13/h10-11,16H,2-9H2,1H3,(H,14,15). The lowest BCUT2D eigenvalue weighted by molar-refractivity contribution is -0.126. The molecule has 0 aromatic rings. The van der Waals surface area contributed by atoms with E-state index in [-0.39, 0.29) is 17.9 Å². The fourth-order valence-corrected chi connectivity index (χ4v) is 2.78. The van der Waals surface area contributed by atoms with Crippen molar-refractivity contribution in [1.82, 2.24) is 5.32 Å². The number of hydrogen-bond acceptors (Lipinski definition) is 3. The number of amides is 1. The Bertz CT molecular complexity index is 274. The molecule has 2 aliphatic rings. The van der Waals surface area contributed by atoms with E-state index in [0.29, 0.717) is 13.2 Å². The maximum absolute atomic E-state index is 11.9. The Kier molecular flexibility index (Phi) is 4.05. The first-order valence-corrected chi connectivity index (χ1v) is 6.71. The summed E-state index contributed by atoms with van der Waals surface area (Å²) in [5.74, 6) is 0.00513. The van der Waals surface area contributed by atoms with E-state index in [1.165, 1.54) is 6.42 Å². The molecule has 1 aliphatic carbocycles. The molecule has 1 amide bonds. The van der Waals surface area contributed by atoms with Crippen molar-refractivity contribution in [3.8, 4) is 0 Å². The second kappa shape index (κ2) is 5.36. The third kappa shape index (κ3) is 3.42. The molecule has 2 rings (SSSR count). The van der Waals surface area contributed by atoms with E-state index in [1.807, 2.05) is 6.92 Å². The molecule has 2 N–H and O–H groups in total. The van der Waals surface area contributed by atoms with Crippen LogP contribution in [0.2, 0.25) is 0 Å². The van der Waals surface area contributed by atoms with Gasteiger partial charge in [0.15, 0.2) is 0 Å². The molecule has 2 fully saturated rings. The minimum absolute atomic E-state index is 0.0304. The van der Waals surface area contributed by atoms with Gasteiger partial charge in [-0.05, 0) is 26.2 Å². The fourth-order valence-electron chi connectivity index (χ4n) is 2.78. The van der Waals surface area contributed by atoms with Crippen molar-refractivity contribution in [2.75, 3.05) is 13.2 Å². The van der Waals surface area contributed by atoms with Gasteiger partial charge in [0, 0.05) is 6.54 Å². The van der Waals surface area contributed by atoms with Gasteiger partial charge in [-0.15, -0.1) is 0 Å². The Hall–Kier alpha value is -0.610. The molecule has 1 saturated heterocycles. The van der Waals surface area contributed by atoms with Crippen LogP contribution in [0.4, 0.5) is 0 Å². The van der Waals surface area contributed by atoms with Crippen LogP contribution < -0.4 is 5.32 Å². The summed E-state index contributed by atoms with van der Waals surface area (Å²) in [5, 5.41) is 13.2. The molecule has 2 unspecified atom stereocenters. The Morgan fingerprint density at radius 2 is 2.12 bits per heavy atom. The smallest absolute Gasteiger partial charge is 0.225 e. The zero-order valence-corrected chi connectivity index (χ0v) is 10.6. The minimum atomic E-state index is -0.668. The largest absolute Gasteiger partial charge is 0.388 e. The first-order chi connectivity index (χ1) is 8.09. The SMILES string of the molecule is CC1CC(C(=O)NCC2(O)CCCCC2)CO1. The van der Waals surface area contributed by atoms with Crippen LogP contribution in [0.15, 0.2) is 0 Å². The Morgan fingerprint density at radius 3 is 2.71 bits per heavy atom. The minimum Gasteiger partial charge on any atom is -0.388 e. The third-order valence-electron chi connectivity index (χ3n) is 3.95. The topological polar surface area (TPSA) is 58.6 Å². The average molecular weight is 241 g/mol. The average Bonchev–Trinajstić information content (AvgIpc) is 2.74. The predicted molar refractivity (Wildman–Crippen MR) is 64.6 cm³/mol. The molecule has 1 saturated carbocycles. The molecular formula is C13H23NO3. The molecule has 0 radical (unpaired) electrons. The van der Waals surface area contributed by atoms with Gasteiger partial charge < -0.3 is 15.2 Å². The summed E-state index contributed by atoms with van der Waals surface area (Å²) in [6.07, 6.45) is 5.93. The van der Waals surface area contributed by atoms with E-state index < -0.39 is 5.60 Å². The van der Waals surface area contributed by atoms with Gasteiger partial charge in [0.1, 0.15) is 0 Å². The number of ether oxygens (including phenoxy) is 1. The summed E-state index contributed by atoms with van der Waals surface area (Å²) < 4.78 is 5.38. The van der Waals surface area contributed by atoms with Gasteiger partial charge in [-0.3, -0.25) is 4.79 Å². The summed E-state index contributed by atoms with van der Waals surface area (Å²) in [5.41, 5.74) is -0.668. The van der Waals surface area contributed by atoms with Crippen molar-refractivity contribution in [2.45, 2.75) is 57.2 Å². The van der Waals surface area contributed by atoms with Gasteiger partial charge in [0.05, 0.1) is 24.2 Å². The number of nitrogens with one attached hydrogen (secondary N) is 1. The fraction of sp³-hybridized carbons (Fsp3) is 0.923. The Labute approximate surface area is 103 Å². The predicted octanol–water partition coefficient (Wildman–Crippen LogP) is 1.22. The van der Waals surface area contributed by atoms with Crippen molar-refractivity contribution >= 4 is 5.91 Å². The molecule has 0 aromatic heterocycles. The van der Waals surface area contributed by atoms with Crippen LogP contribution in [0.5, 0.6) is 0 Å². The monoisotopic (exact) mass is 241 g/mol. The summed E-state index contributed by atoms with van der Waals surface area (Å²) in [6, 6.07) is 0.